The van der Waals surface area contributed by atoms with Crippen LogP contribution in [0.1, 0.15) is 28.2 Å². The molecule has 0 spiro atoms. The van der Waals surface area contributed by atoms with Gasteiger partial charge in [0.15, 0.2) is 11.1 Å². The number of thiophene rings is 1. The number of aromatic amines is 2. The molecule has 0 radical (unpaired) electrons. The van der Waals surface area contributed by atoms with Crippen molar-refractivity contribution in [3.05, 3.63) is 56.2 Å². The Labute approximate surface area is 193 Å². The standard InChI is InChI=1S/C20H19N7O6S/c1-26(20(31,32)33)18(29)14-5-4-13(34-14)11-7-15(22-10-2-3-10)27-16(23-11)9(8-21-27)6-12-17(28)25-19(30)24-12/h4-8,10,28,31-33H,2-3H2,1H3,(H2,24,25,30). The maximum atomic E-state index is 12.5. The maximum Gasteiger partial charge on any atom is 0.371 e. The Morgan fingerprint density at radius 2 is 2.09 bits per heavy atom. The zero-order chi connectivity index (χ0) is 24.2. The quantitative estimate of drug-likeness (QED) is 0.183. The summed E-state index contributed by atoms with van der Waals surface area (Å²) in [5.74, 6) is -1.11. The van der Waals surface area contributed by atoms with Gasteiger partial charge in [0.05, 0.1) is 27.7 Å². The third-order valence-corrected chi connectivity index (χ3v) is 6.30. The topological polar surface area (TPSA) is 192 Å². The lowest BCUT2D eigenvalue weighted by Crippen LogP contribution is -2.49. The van der Waals surface area contributed by atoms with E-state index >= 15 is 0 Å². The van der Waals surface area contributed by atoms with Gasteiger partial charge in [-0.05, 0) is 31.1 Å². The maximum absolute atomic E-state index is 12.5. The van der Waals surface area contributed by atoms with Crippen molar-refractivity contribution >= 4 is 29.0 Å². The smallest absolute Gasteiger partial charge is 0.371 e. The summed E-state index contributed by atoms with van der Waals surface area (Å²) in [6.07, 6.45) is 1.70. The minimum atomic E-state index is -3.29. The number of nitrogens with zero attached hydrogens (tertiary/aromatic N) is 5. The molecule has 5 rings (SSSR count). The Balaban J connectivity index is 1.64. The second kappa shape index (κ2) is 7.88. The van der Waals surface area contributed by atoms with Gasteiger partial charge in [-0.2, -0.15) is 9.61 Å². The average Bonchev–Trinajstić information content (AvgIpc) is 3.17. The highest BCUT2D eigenvalue weighted by atomic mass is 32.1. The van der Waals surface area contributed by atoms with E-state index < -0.39 is 17.7 Å². The van der Waals surface area contributed by atoms with E-state index in [9.17, 15) is 30.0 Å². The molecule has 1 saturated carbocycles. The van der Waals surface area contributed by atoms with Crippen molar-refractivity contribution in [1.82, 2.24) is 29.5 Å². The highest BCUT2D eigenvalue weighted by Crippen LogP contribution is 2.28. The first-order chi connectivity index (χ1) is 16.1. The van der Waals surface area contributed by atoms with Gasteiger partial charge in [-0.25, -0.2) is 9.78 Å². The van der Waals surface area contributed by atoms with E-state index in [1.54, 1.807) is 16.6 Å². The summed E-state index contributed by atoms with van der Waals surface area (Å²) in [6, 6.07) is 5.05. The van der Waals surface area contributed by atoms with Gasteiger partial charge in [0.2, 0.25) is 5.88 Å². The van der Waals surface area contributed by atoms with Crippen LogP contribution in [0.4, 0.5) is 0 Å². The van der Waals surface area contributed by atoms with E-state index in [1.165, 1.54) is 18.3 Å². The van der Waals surface area contributed by atoms with Gasteiger partial charge in [0.25, 0.3) is 5.91 Å². The Hall–Kier alpha value is -3.85. The second-order valence-corrected chi connectivity index (χ2v) is 8.89. The Morgan fingerprint density at radius 1 is 1.32 bits per heavy atom. The third-order valence-electron chi connectivity index (χ3n) is 5.20. The molecule has 14 heteroatoms. The van der Waals surface area contributed by atoms with Crippen LogP contribution in [0.25, 0.3) is 22.3 Å². The second-order valence-electron chi connectivity index (χ2n) is 7.81. The molecular formula is C20H19N7O6S. The molecular weight excluding hydrogens is 466 g/mol. The molecule has 4 heterocycles. The number of aromatic hydroxyl groups is 1. The molecule has 0 bridgehead atoms. The van der Waals surface area contributed by atoms with E-state index in [0.717, 1.165) is 31.2 Å². The predicted molar refractivity (Wildman–Crippen MR) is 118 cm³/mol. The number of carbonyl (C=O) groups is 1. The number of imidazole rings is 1. The van der Waals surface area contributed by atoms with Gasteiger partial charge in [0, 0.05) is 18.3 Å². The van der Waals surface area contributed by atoms with Gasteiger partial charge < -0.3 is 25.4 Å². The molecule has 13 nitrogen and oxygen atoms in total. The lowest BCUT2D eigenvalue weighted by molar-refractivity contribution is -0.373. The van der Waals surface area contributed by atoms with Gasteiger partial charge in [-0.3, -0.25) is 19.7 Å². The van der Waals surface area contributed by atoms with Crippen LogP contribution in [0, 0.1) is 0 Å². The zero-order valence-corrected chi connectivity index (χ0v) is 18.4. The number of hydrogen-bond acceptors (Lipinski definition) is 10. The number of aliphatic hydroxyl groups is 3. The molecule has 1 fully saturated rings. The van der Waals surface area contributed by atoms with Crippen LogP contribution >= 0.6 is 11.3 Å². The zero-order valence-electron chi connectivity index (χ0n) is 17.6. The molecule has 4 aromatic rings. The summed E-state index contributed by atoms with van der Waals surface area (Å²) in [5.41, 5.74) is 1.06. The van der Waals surface area contributed by atoms with E-state index in [0.29, 0.717) is 31.8 Å². The first-order valence-electron chi connectivity index (χ1n) is 10.1. The molecule has 1 aliphatic rings. The van der Waals surface area contributed by atoms with Crippen LogP contribution in [0.5, 0.6) is 5.88 Å². The number of fused-ring (bicyclic) bond motifs is 1. The van der Waals surface area contributed by atoms with Crippen LogP contribution in [0.2, 0.25) is 0 Å². The third kappa shape index (κ3) is 4.10. The van der Waals surface area contributed by atoms with Crippen molar-refractivity contribution in [2.45, 2.75) is 25.0 Å². The van der Waals surface area contributed by atoms with Crippen LogP contribution in [-0.4, -0.2) is 75.0 Å². The average molecular weight is 485 g/mol. The van der Waals surface area contributed by atoms with Crippen LogP contribution in [0.15, 0.2) is 34.2 Å². The molecule has 0 saturated heterocycles. The van der Waals surface area contributed by atoms with Crippen molar-refractivity contribution in [1.29, 1.82) is 0 Å². The highest BCUT2D eigenvalue weighted by molar-refractivity contribution is 7.17. The van der Waals surface area contributed by atoms with Crippen molar-refractivity contribution in [3.8, 4) is 16.5 Å². The molecule has 34 heavy (non-hydrogen) atoms. The van der Waals surface area contributed by atoms with E-state index in [1.807, 2.05) is 0 Å². The fourth-order valence-corrected chi connectivity index (χ4v) is 4.16. The summed E-state index contributed by atoms with van der Waals surface area (Å²) in [4.78, 5) is 39.1. The van der Waals surface area contributed by atoms with Crippen LogP contribution in [0.3, 0.4) is 0 Å². The Bertz CT molecular complexity index is 1590. The summed E-state index contributed by atoms with van der Waals surface area (Å²) in [5, 5.41) is 42.6. The van der Waals surface area contributed by atoms with Crippen molar-refractivity contribution in [2.75, 3.05) is 7.05 Å². The van der Waals surface area contributed by atoms with Gasteiger partial charge in [-0.15, -0.1) is 11.3 Å². The molecule has 0 aromatic carbocycles. The number of amides is 1. The van der Waals surface area contributed by atoms with Crippen molar-refractivity contribution in [2.24, 2.45) is 4.99 Å². The molecule has 1 amide bonds. The fraction of sp³-hybridized carbons (Fsp3) is 0.250. The van der Waals surface area contributed by atoms with Crippen molar-refractivity contribution < 1.29 is 25.2 Å². The van der Waals surface area contributed by atoms with E-state index in [2.05, 4.69) is 20.1 Å². The number of rotatable bonds is 5. The van der Waals surface area contributed by atoms with Crippen molar-refractivity contribution in [3.63, 3.8) is 0 Å². The number of aromatic nitrogens is 5. The highest BCUT2D eigenvalue weighted by Gasteiger charge is 2.31. The lowest BCUT2D eigenvalue weighted by atomic mass is 10.3. The molecule has 176 valence electrons. The summed E-state index contributed by atoms with van der Waals surface area (Å²) in [6.45, 7) is 0. The summed E-state index contributed by atoms with van der Waals surface area (Å²) < 4.78 is 1.56. The summed E-state index contributed by atoms with van der Waals surface area (Å²) in [7, 11) is 1.05. The monoisotopic (exact) mass is 485 g/mol. The molecule has 6 N–H and O–H groups in total. The van der Waals surface area contributed by atoms with Gasteiger partial charge in [-0.1, -0.05) is 0 Å². The Kier molecular flexibility index (Phi) is 5.09. The summed E-state index contributed by atoms with van der Waals surface area (Å²) >= 11 is 1.05. The predicted octanol–water partition coefficient (Wildman–Crippen LogP) is -1.55. The number of H-pyrrole nitrogens is 2. The van der Waals surface area contributed by atoms with Gasteiger partial charge >= 0.3 is 11.8 Å². The number of hydrogen-bond donors (Lipinski definition) is 6. The lowest BCUT2D eigenvalue weighted by Gasteiger charge is -2.25. The molecule has 0 aliphatic heterocycles. The number of nitrogens with one attached hydrogen (secondary N) is 2. The fourth-order valence-electron chi connectivity index (χ4n) is 3.21. The first-order valence-corrected chi connectivity index (χ1v) is 10.9. The Morgan fingerprint density at radius 3 is 2.74 bits per heavy atom. The molecule has 4 aromatic heterocycles. The molecule has 0 atom stereocenters. The molecule has 1 aliphatic carbocycles. The van der Waals surface area contributed by atoms with E-state index in [4.69, 9.17) is 4.99 Å². The normalized spacial score (nSPS) is 15.4. The minimum Gasteiger partial charge on any atom is -0.493 e. The largest absolute Gasteiger partial charge is 0.493 e. The minimum absolute atomic E-state index is 0.150. The SMILES string of the molecule is CN(C(=O)c1ccc(-c2cc(=NC3CC3)n3ncc(=Cc4[nH]c(=O)[nH]c4O)c3n2)s1)C(O)(O)O. The molecule has 0 unspecified atom stereocenters. The van der Waals surface area contributed by atoms with Crippen LogP contribution in [-0.2, 0) is 0 Å². The van der Waals surface area contributed by atoms with Gasteiger partial charge in [0.1, 0.15) is 5.69 Å². The first kappa shape index (κ1) is 22.0. The van der Waals surface area contributed by atoms with E-state index in [-0.39, 0.29) is 22.5 Å². The number of carbonyl (C=O) groups excluding carboxylic acids is 1. The van der Waals surface area contributed by atoms with Crippen LogP contribution < -0.4 is 16.4 Å².